The molecule has 0 spiro atoms. The van der Waals surface area contributed by atoms with E-state index in [-0.39, 0.29) is 32.8 Å². The zero-order chi connectivity index (χ0) is 29.1. The van der Waals surface area contributed by atoms with Gasteiger partial charge in [0.25, 0.3) is 11.8 Å². The van der Waals surface area contributed by atoms with Gasteiger partial charge < -0.3 is 20.1 Å². The number of carbonyl (C=O) groups is 2. The Kier molecular flexibility index (Phi) is 10.7. The minimum Gasteiger partial charge on any atom is -0.504 e. The molecule has 12 nitrogen and oxygen atoms in total. The van der Waals surface area contributed by atoms with Gasteiger partial charge in [-0.15, -0.1) is 0 Å². The Morgan fingerprint density at radius 1 is 0.750 bits per heavy atom. The van der Waals surface area contributed by atoms with Crippen LogP contribution in [0.25, 0.3) is 12.2 Å². The molecule has 4 aromatic rings. The lowest BCUT2D eigenvalue weighted by atomic mass is 10.2. The standard InChI is InChI=1S/2C12H9ClFN3O3/c2*1-19-5-4-10-11(17-20-16-10)12(18)15-7-2-3-9(14)8(13)6-7/h2*2-6H,1H3,(H,15,18)/b5-4+;5-4-. The molecular weight excluding hydrogens is 577 g/mol. The number of nitrogens with one attached hydrogen (secondary N) is 2. The van der Waals surface area contributed by atoms with Crippen LogP contribution in [0.1, 0.15) is 32.4 Å². The van der Waals surface area contributed by atoms with Crippen LogP contribution in [0.15, 0.2) is 58.2 Å². The molecule has 0 aliphatic rings. The van der Waals surface area contributed by atoms with Gasteiger partial charge in [-0.1, -0.05) is 23.2 Å². The van der Waals surface area contributed by atoms with Crippen molar-refractivity contribution >= 4 is 58.5 Å². The van der Waals surface area contributed by atoms with Gasteiger partial charge in [-0.05, 0) is 57.0 Å². The van der Waals surface area contributed by atoms with E-state index in [1.54, 1.807) is 0 Å². The van der Waals surface area contributed by atoms with Crippen molar-refractivity contribution in [2.24, 2.45) is 0 Å². The highest BCUT2D eigenvalue weighted by atomic mass is 35.5. The minimum atomic E-state index is -0.573. The summed E-state index contributed by atoms with van der Waals surface area (Å²) < 4.78 is 44.4. The molecule has 2 heterocycles. The zero-order valence-corrected chi connectivity index (χ0v) is 22.0. The molecule has 2 aromatic carbocycles. The number of halogens is 4. The summed E-state index contributed by atoms with van der Waals surface area (Å²) in [6.45, 7) is 0. The molecule has 40 heavy (non-hydrogen) atoms. The normalized spacial score (nSPS) is 10.8. The van der Waals surface area contributed by atoms with Gasteiger partial charge in [0.15, 0.2) is 11.4 Å². The Bertz CT molecular complexity index is 1430. The van der Waals surface area contributed by atoms with E-state index in [1.807, 2.05) is 0 Å². The quantitative estimate of drug-likeness (QED) is 0.251. The van der Waals surface area contributed by atoms with E-state index in [0.29, 0.717) is 11.4 Å². The highest BCUT2D eigenvalue weighted by Crippen LogP contribution is 2.21. The number of hydrogen-bond acceptors (Lipinski definition) is 10. The summed E-state index contributed by atoms with van der Waals surface area (Å²) in [7, 11) is 2.90. The second-order valence-corrected chi connectivity index (χ2v) is 8.05. The third-order valence-electron chi connectivity index (χ3n) is 4.54. The number of nitrogens with zero attached hydrogens (tertiary/aromatic N) is 4. The topological polar surface area (TPSA) is 154 Å². The fourth-order valence-corrected chi connectivity index (χ4v) is 3.08. The van der Waals surface area contributed by atoms with Crippen LogP contribution in [0.2, 0.25) is 10.0 Å². The fraction of sp³-hybridized carbons (Fsp3) is 0.0833. The molecule has 0 aliphatic heterocycles. The number of anilines is 2. The predicted octanol–water partition coefficient (Wildman–Crippen LogP) is 5.46. The molecular formula is C24H18Cl2F2N6O6. The molecule has 2 amide bonds. The van der Waals surface area contributed by atoms with Crippen molar-refractivity contribution in [3.63, 3.8) is 0 Å². The molecule has 0 radical (unpaired) electrons. The first-order valence-corrected chi connectivity index (χ1v) is 11.6. The first-order chi connectivity index (χ1) is 19.2. The number of ether oxygens (including phenoxy) is 2. The van der Waals surface area contributed by atoms with E-state index in [4.69, 9.17) is 32.7 Å². The highest BCUT2D eigenvalue weighted by molar-refractivity contribution is 6.31. The van der Waals surface area contributed by atoms with Gasteiger partial charge in [0, 0.05) is 23.5 Å². The summed E-state index contributed by atoms with van der Waals surface area (Å²) in [5.74, 6) is -2.28. The van der Waals surface area contributed by atoms with Gasteiger partial charge in [0.2, 0.25) is 0 Å². The lowest BCUT2D eigenvalue weighted by molar-refractivity contribution is 0.100. The first kappa shape index (κ1) is 29.7. The van der Waals surface area contributed by atoms with Crippen LogP contribution in [-0.4, -0.2) is 46.7 Å². The fourth-order valence-electron chi connectivity index (χ4n) is 2.72. The van der Waals surface area contributed by atoms with E-state index in [1.165, 1.54) is 63.2 Å². The average Bonchev–Trinajstić information content (AvgIpc) is 3.60. The van der Waals surface area contributed by atoms with E-state index in [0.717, 1.165) is 12.1 Å². The van der Waals surface area contributed by atoms with Crippen molar-refractivity contribution < 1.29 is 37.1 Å². The van der Waals surface area contributed by atoms with Gasteiger partial charge in [-0.25, -0.2) is 18.0 Å². The van der Waals surface area contributed by atoms with Gasteiger partial charge in [-0.3, -0.25) is 9.59 Å². The number of rotatable bonds is 8. The van der Waals surface area contributed by atoms with E-state index < -0.39 is 23.4 Å². The SMILES string of the molecule is CO/C=C/c1nonc1C(=O)Nc1ccc(F)c(Cl)c1.CO/C=C\c1nonc1C(=O)Nc1ccc(F)c(Cl)c1. The average molecular weight is 595 g/mol. The van der Waals surface area contributed by atoms with Crippen molar-refractivity contribution in [1.29, 1.82) is 0 Å². The third kappa shape index (κ3) is 8.09. The van der Waals surface area contributed by atoms with Crippen LogP contribution >= 0.6 is 23.2 Å². The number of methoxy groups -OCH3 is 2. The van der Waals surface area contributed by atoms with Gasteiger partial charge in [0.1, 0.15) is 23.0 Å². The first-order valence-electron chi connectivity index (χ1n) is 10.8. The molecule has 0 unspecified atom stereocenters. The number of aromatic nitrogens is 4. The Labute approximate surface area is 234 Å². The van der Waals surface area contributed by atoms with E-state index >= 15 is 0 Å². The molecule has 208 valence electrons. The summed E-state index contributed by atoms with van der Waals surface area (Å²) in [5, 5.41) is 18.9. The predicted molar refractivity (Wildman–Crippen MR) is 139 cm³/mol. The van der Waals surface area contributed by atoms with Crippen LogP contribution in [-0.2, 0) is 9.47 Å². The number of carbonyl (C=O) groups excluding carboxylic acids is 2. The second kappa shape index (κ2) is 14.4. The molecule has 0 atom stereocenters. The van der Waals surface area contributed by atoms with Crippen LogP contribution in [0, 0.1) is 11.6 Å². The molecule has 0 aliphatic carbocycles. The molecule has 2 N–H and O–H groups in total. The molecule has 0 saturated heterocycles. The smallest absolute Gasteiger partial charge is 0.280 e. The van der Waals surface area contributed by atoms with Crippen LogP contribution in [0.5, 0.6) is 0 Å². The van der Waals surface area contributed by atoms with E-state index in [9.17, 15) is 18.4 Å². The van der Waals surface area contributed by atoms with Crippen LogP contribution < -0.4 is 10.6 Å². The Hall–Kier alpha value is -4.82. The van der Waals surface area contributed by atoms with Crippen molar-refractivity contribution in [3.05, 3.63) is 93.4 Å². The lowest BCUT2D eigenvalue weighted by Crippen LogP contribution is -2.13. The maximum Gasteiger partial charge on any atom is 0.280 e. The Balaban J connectivity index is 0.000000220. The van der Waals surface area contributed by atoms with Crippen molar-refractivity contribution in [1.82, 2.24) is 20.6 Å². The van der Waals surface area contributed by atoms with Crippen LogP contribution in [0.4, 0.5) is 20.2 Å². The molecule has 0 saturated carbocycles. The zero-order valence-electron chi connectivity index (χ0n) is 20.5. The lowest BCUT2D eigenvalue weighted by Gasteiger charge is -2.03. The summed E-state index contributed by atoms with van der Waals surface area (Å²) >= 11 is 11.2. The summed E-state index contributed by atoms with van der Waals surface area (Å²) in [4.78, 5) is 23.9. The van der Waals surface area contributed by atoms with Crippen LogP contribution in [0.3, 0.4) is 0 Å². The van der Waals surface area contributed by atoms with Gasteiger partial charge in [0.05, 0.1) is 36.8 Å². The molecule has 2 aromatic heterocycles. The summed E-state index contributed by atoms with van der Waals surface area (Å²) in [6, 6.07) is 7.60. The maximum absolute atomic E-state index is 13.0. The highest BCUT2D eigenvalue weighted by Gasteiger charge is 2.18. The molecule has 16 heteroatoms. The minimum absolute atomic E-state index is 0.0289. The molecule has 0 bridgehead atoms. The largest absolute Gasteiger partial charge is 0.504 e. The maximum atomic E-state index is 13.0. The number of amides is 2. The van der Waals surface area contributed by atoms with E-state index in [2.05, 4.69) is 40.5 Å². The summed E-state index contributed by atoms with van der Waals surface area (Å²) in [5.41, 5.74) is 1.00. The summed E-state index contributed by atoms with van der Waals surface area (Å²) in [6.07, 6.45) is 5.49. The Morgan fingerprint density at radius 3 is 1.50 bits per heavy atom. The monoisotopic (exact) mass is 594 g/mol. The van der Waals surface area contributed by atoms with Gasteiger partial charge >= 0.3 is 0 Å². The van der Waals surface area contributed by atoms with Crippen molar-refractivity contribution in [3.8, 4) is 0 Å². The third-order valence-corrected chi connectivity index (χ3v) is 5.12. The number of benzene rings is 2. The second-order valence-electron chi connectivity index (χ2n) is 7.24. The Morgan fingerprint density at radius 2 is 1.15 bits per heavy atom. The van der Waals surface area contributed by atoms with Crippen molar-refractivity contribution in [2.75, 3.05) is 24.9 Å². The molecule has 4 rings (SSSR count). The van der Waals surface area contributed by atoms with Gasteiger partial charge in [-0.2, -0.15) is 0 Å². The molecule has 0 fully saturated rings. The van der Waals surface area contributed by atoms with Crippen molar-refractivity contribution in [2.45, 2.75) is 0 Å². The number of hydrogen-bond donors (Lipinski definition) is 2.